The number of phosphoric acid groups is 1. The zero-order valence-electron chi connectivity index (χ0n) is 55.5. The van der Waals surface area contributed by atoms with Gasteiger partial charge in [0.15, 0.2) is 6.10 Å². The van der Waals surface area contributed by atoms with Crippen LogP contribution in [0.2, 0.25) is 0 Å². The standard InChI is InChI=1S/C73H142NO8P/c1-3-5-7-9-11-13-15-17-19-21-23-25-27-29-30-31-32-33-34-35-36-37-38-39-40-42-44-46-48-50-52-54-56-58-60-62-64-66-73(76)82-71(70-81-83(77,78)80-68-67-74)69-79-72(75)65-63-61-59-57-55-53-51-49-47-45-43-41-28-26-24-22-20-18-16-14-12-10-8-6-4-2/h21-24,71H,3-20,25-70,74H2,1-2H3,(H,77,78)/b23-21-,24-22-. The van der Waals surface area contributed by atoms with Crippen LogP contribution in [0.3, 0.4) is 0 Å². The molecular weight excluding hydrogens is 1050 g/mol. The molecule has 0 spiro atoms. The Balaban J connectivity index is 3.77. The highest BCUT2D eigenvalue weighted by molar-refractivity contribution is 7.47. The Bertz CT molecular complexity index is 1410. The van der Waals surface area contributed by atoms with Crippen LogP contribution in [-0.4, -0.2) is 49.3 Å². The van der Waals surface area contributed by atoms with Gasteiger partial charge >= 0.3 is 19.8 Å². The molecular formula is C73H142NO8P. The summed E-state index contributed by atoms with van der Waals surface area (Å²) in [5, 5.41) is 0. The van der Waals surface area contributed by atoms with Crippen LogP contribution in [0.1, 0.15) is 399 Å². The Morgan fingerprint density at radius 1 is 0.349 bits per heavy atom. The minimum Gasteiger partial charge on any atom is -0.462 e. The van der Waals surface area contributed by atoms with E-state index >= 15 is 0 Å². The highest BCUT2D eigenvalue weighted by Gasteiger charge is 2.26. The van der Waals surface area contributed by atoms with E-state index in [1.54, 1.807) is 0 Å². The maximum absolute atomic E-state index is 12.8. The van der Waals surface area contributed by atoms with Crippen LogP contribution < -0.4 is 5.73 Å². The van der Waals surface area contributed by atoms with Crippen LogP contribution in [0.4, 0.5) is 0 Å². The summed E-state index contributed by atoms with van der Waals surface area (Å²) in [6, 6.07) is 0. The van der Waals surface area contributed by atoms with Crippen LogP contribution in [0.5, 0.6) is 0 Å². The first-order valence-electron chi connectivity index (χ1n) is 36.8. The maximum Gasteiger partial charge on any atom is 0.472 e. The van der Waals surface area contributed by atoms with Gasteiger partial charge in [-0.3, -0.25) is 18.6 Å². The van der Waals surface area contributed by atoms with E-state index in [4.69, 9.17) is 24.3 Å². The van der Waals surface area contributed by atoms with Crippen molar-refractivity contribution in [2.45, 2.75) is 405 Å². The zero-order chi connectivity index (χ0) is 60.1. The lowest BCUT2D eigenvalue weighted by molar-refractivity contribution is -0.161. The molecule has 2 atom stereocenters. The number of carbonyl (C=O) groups is 2. The number of esters is 2. The van der Waals surface area contributed by atoms with E-state index in [-0.39, 0.29) is 38.6 Å². The van der Waals surface area contributed by atoms with Gasteiger partial charge in [0.05, 0.1) is 13.2 Å². The van der Waals surface area contributed by atoms with Gasteiger partial charge < -0.3 is 20.1 Å². The molecule has 0 saturated carbocycles. The summed E-state index contributed by atoms with van der Waals surface area (Å²) in [7, 11) is -4.39. The van der Waals surface area contributed by atoms with Crippen molar-refractivity contribution in [3.8, 4) is 0 Å². The van der Waals surface area contributed by atoms with Crippen LogP contribution in [0.25, 0.3) is 0 Å². The smallest absolute Gasteiger partial charge is 0.462 e. The molecule has 0 fully saturated rings. The molecule has 10 heteroatoms. The Kier molecular flexibility index (Phi) is 68.3. The number of rotatable bonds is 71. The van der Waals surface area contributed by atoms with Crippen LogP contribution >= 0.6 is 7.82 Å². The van der Waals surface area contributed by atoms with Crippen molar-refractivity contribution < 1.29 is 37.6 Å². The van der Waals surface area contributed by atoms with Crippen LogP contribution in [-0.2, 0) is 32.7 Å². The lowest BCUT2D eigenvalue weighted by Crippen LogP contribution is -2.29. The van der Waals surface area contributed by atoms with Gasteiger partial charge in [0.25, 0.3) is 0 Å². The van der Waals surface area contributed by atoms with E-state index in [9.17, 15) is 19.0 Å². The quantitative estimate of drug-likeness (QED) is 0.0264. The van der Waals surface area contributed by atoms with Crippen molar-refractivity contribution in [2.75, 3.05) is 26.4 Å². The predicted molar refractivity (Wildman–Crippen MR) is 358 cm³/mol. The average Bonchev–Trinajstić information content (AvgIpc) is 3.49. The van der Waals surface area contributed by atoms with Gasteiger partial charge in [0.2, 0.25) is 0 Å². The molecule has 0 aliphatic rings. The number of unbranched alkanes of at least 4 members (excludes halogenated alkanes) is 54. The summed E-state index contributed by atoms with van der Waals surface area (Å²) in [5.41, 5.74) is 5.41. The van der Waals surface area contributed by atoms with Gasteiger partial charge in [0, 0.05) is 19.4 Å². The SMILES string of the molecule is CCCCCCCCCC/C=C\CCCCCCCCCCCCCCCCCCCCCCCCCCCC(=O)OC(COC(=O)CCCCCCCCCCCCCCC/C=C\CCCCCCCCCC)COP(=O)(O)OCCN. The molecule has 0 saturated heterocycles. The second kappa shape index (κ2) is 69.6. The third-order valence-electron chi connectivity index (χ3n) is 16.8. The van der Waals surface area contributed by atoms with Gasteiger partial charge in [-0.15, -0.1) is 0 Å². The fourth-order valence-electron chi connectivity index (χ4n) is 11.3. The zero-order valence-corrected chi connectivity index (χ0v) is 56.4. The second-order valence-corrected chi connectivity index (χ2v) is 26.6. The highest BCUT2D eigenvalue weighted by Crippen LogP contribution is 2.43. The topological polar surface area (TPSA) is 134 Å². The fourth-order valence-corrected chi connectivity index (χ4v) is 12.1. The Morgan fingerprint density at radius 2 is 0.590 bits per heavy atom. The summed E-state index contributed by atoms with van der Waals surface area (Å²) in [4.78, 5) is 35.4. The molecule has 3 N–H and O–H groups in total. The minimum atomic E-state index is -4.39. The molecule has 0 amide bonds. The Labute approximate surface area is 516 Å². The number of carbonyl (C=O) groups excluding carboxylic acids is 2. The molecule has 83 heavy (non-hydrogen) atoms. The van der Waals surface area contributed by atoms with Crippen molar-refractivity contribution in [3.05, 3.63) is 24.3 Å². The molecule has 0 aromatic rings. The molecule has 0 aliphatic carbocycles. The normalized spacial score (nSPS) is 13.0. The number of allylic oxidation sites excluding steroid dienone is 4. The second-order valence-electron chi connectivity index (χ2n) is 25.2. The molecule has 9 nitrogen and oxygen atoms in total. The number of nitrogens with two attached hydrogens (primary N) is 1. The molecule has 0 radical (unpaired) electrons. The molecule has 2 unspecified atom stereocenters. The fraction of sp³-hybridized carbons (Fsp3) is 0.918. The Morgan fingerprint density at radius 3 is 0.855 bits per heavy atom. The van der Waals surface area contributed by atoms with Crippen molar-refractivity contribution in [3.63, 3.8) is 0 Å². The molecule has 0 aliphatic heterocycles. The van der Waals surface area contributed by atoms with E-state index in [2.05, 4.69) is 38.2 Å². The average molecular weight is 1190 g/mol. The number of phosphoric ester groups is 1. The van der Waals surface area contributed by atoms with E-state index < -0.39 is 26.5 Å². The molecule has 0 rings (SSSR count). The largest absolute Gasteiger partial charge is 0.472 e. The first-order valence-corrected chi connectivity index (χ1v) is 38.3. The lowest BCUT2D eigenvalue weighted by Gasteiger charge is -2.19. The van der Waals surface area contributed by atoms with E-state index in [1.165, 1.54) is 334 Å². The first-order chi connectivity index (χ1) is 40.8. The predicted octanol–water partition coefficient (Wildman–Crippen LogP) is 24.1. The van der Waals surface area contributed by atoms with Crippen molar-refractivity contribution in [1.82, 2.24) is 0 Å². The molecule has 0 aromatic heterocycles. The van der Waals surface area contributed by atoms with Crippen LogP contribution in [0, 0.1) is 0 Å². The van der Waals surface area contributed by atoms with Crippen molar-refractivity contribution in [1.29, 1.82) is 0 Å². The number of hydrogen-bond acceptors (Lipinski definition) is 8. The summed E-state index contributed by atoms with van der Waals surface area (Å²) in [5.74, 6) is -0.803. The minimum absolute atomic E-state index is 0.0567. The van der Waals surface area contributed by atoms with Gasteiger partial charge in [-0.05, 0) is 64.2 Å². The van der Waals surface area contributed by atoms with E-state index in [0.717, 1.165) is 32.1 Å². The highest BCUT2D eigenvalue weighted by atomic mass is 31.2. The van der Waals surface area contributed by atoms with Crippen molar-refractivity contribution >= 4 is 19.8 Å². The lowest BCUT2D eigenvalue weighted by atomic mass is 10.0. The molecule has 0 heterocycles. The van der Waals surface area contributed by atoms with Gasteiger partial charge in [-0.2, -0.15) is 0 Å². The summed E-state index contributed by atoms with van der Waals surface area (Å²) in [6.45, 7) is 3.82. The summed E-state index contributed by atoms with van der Waals surface area (Å²) < 4.78 is 33.2. The van der Waals surface area contributed by atoms with E-state index in [1.807, 2.05) is 0 Å². The Hall–Kier alpha value is -1.51. The van der Waals surface area contributed by atoms with Crippen LogP contribution in [0.15, 0.2) is 24.3 Å². The molecule has 0 bridgehead atoms. The third kappa shape index (κ3) is 69.5. The van der Waals surface area contributed by atoms with E-state index in [0.29, 0.717) is 6.42 Å². The number of ether oxygens (including phenoxy) is 2. The summed E-state index contributed by atoms with van der Waals surface area (Å²) in [6.07, 6.45) is 85.9. The van der Waals surface area contributed by atoms with Gasteiger partial charge in [-0.1, -0.05) is 346 Å². The van der Waals surface area contributed by atoms with Gasteiger partial charge in [0.1, 0.15) is 6.61 Å². The maximum atomic E-state index is 12.8. The molecule has 492 valence electrons. The van der Waals surface area contributed by atoms with Crippen molar-refractivity contribution in [2.24, 2.45) is 5.73 Å². The number of hydrogen-bond donors (Lipinski definition) is 2. The monoisotopic (exact) mass is 1190 g/mol. The first kappa shape index (κ1) is 81.5. The third-order valence-corrected chi connectivity index (χ3v) is 17.8. The summed E-state index contributed by atoms with van der Waals surface area (Å²) >= 11 is 0. The van der Waals surface area contributed by atoms with Gasteiger partial charge in [-0.25, -0.2) is 4.57 Å². The molecule has 0 aromatic carbocycles.